The van der Waals surface area contributed by atoms with Gasteiger partial charge in [-0.3, -0.25) is 0 Å². The van der Waals surface area contributed by atoms with Gasteiger partial charge in [-0.15, -0.1) is 0 Å². The molecule has 5 heteroatoms. The molecule has 0 aliphatic heterocycles. The predicted molar refractivity (Wildman–Crippen MR) is 61.1 cm³/mol. The molecule has 4 nitrogen and oxygen atoms in total. The molecule has 80 valence electrons. The van der Waals surface area contributed by atoms with Gasteiger partial charge in [0.15, 0.2) is 11.5 Å². The van der Waals surface area contributed by atoms with Crippen LogP contribution in [0.3, 0.4) is 0 Å². The quantitative estimate of drug-likeness (QED) is 0.747. The molecule has 0 saturated carbocycles. The lowest BCUT2D eigenvalue weighted by Crippen LogP contribution is -2.13. The Labute approximate surface area is 93.1 Å². The third-order valence-electron chi connectivity index (χ3n) is 2.12. The summed E-state index contributed by atoms with van der Waals surface area (Å²) in [5.74, 6) is 0.782. The van der Waals surface area contributed by atoms with Crippen molar-refractivity contribution in [2.45, 2.75) is 26.2 Å². The molecule has 0 saturated heterocycles. The molecule has 2 rings (SSSR count). The molecule has 0 aromatic carbocycles. The maximum atomic E-state index is 5.91. The van der Waals surface area contributed by atoms with Gasteiger partial charge in [-0.2, -0.15) is 5.10 Å². The lowest BCUT2D eigenvalue weighted by atomic mass is 9.96. The van der Waals surface area contributed by atoms with Crippen molar-refractivity contribution in [1.29, 1.82) is 0 Å². The van der Waals surface area contributed by atoms with E-state index in [4.69, 9.17) is 17.3 Å². The molecule has 0 aliphatic rings. The Kier molecular flexibility index (Phi) is 2.12. The van der Waals surface area contributed by atoms with Crippen LogP contribution in [0.25, 0.3) is 5.65 Å². The molecule has 0 unspecified atom stereocenters. The Hall–Kier alpha value is -1.29. The van der Waals surface area contributed by atoms with Crippen LogP contribution in [0.5, 0.6) is 0 Å². The second-order valence-corrected chi connectivity index (χ2v) is 4.97. The van der Waals surface area contributed by atoms with Crippen LogP contribution in [0.2, 0.25) is 5.02 Å². The number of fused-ring (bicyclic) bond motifs is 1. The number of pyridine rings is 1. The average molecular weight is 225 g/mol. The fraction of sp³-hybridized carbons (Fsp3) is 0.400. The zero-order chi connectivity index (χ0) is 11.2. The van der Waals surface area contributed by atoms with E-state index in [0.717, 1.165) is 11.5 Å². The molecule has 0 spiro atoms. The third-order valence-corrected chi connectivity index (χ3v) is 2.45. The van der Waals surface area contributed by atoms with Crippen LogP contribution in [0.1, 0.15) is 26.6 Å². The first-order valence-corrected chi connectivity index (χ1v) is 5.07. The summed E-state index contributed by atoms with van der Waals surface area (Å²) < 4.78 is 1.65. The highest BCUT2D eigenvalue weighted by Crippen LogP contribution is 2.23. The first-order valence-electron chi connectivity index (χ1n) is 4.70. The van der Waals surface area contributed by atoms with E-state index in [0.29, 0.717) is 10.7 Å². The summed E-state index contributed by atoms with van der Waals surface area (Å²) in [4.78, 5) is 4.40. The van der Waals surface area contributed by atoms with Gasteiger partial charge in [0, 0.05) is 11.5 Å². The molecular weight excluding hydrogens is 212 g/mol. The van der Waals surface area contributed by atoms with Crippen LogP contribution >= 0.6 is 11.6 Å². The van der Waals surface area contributed by atoms with Crippen molar-refractivity contribution in [3.05, 3.63) is 23.1 Å². The van der Waals surface area contributed by atoms with E-state index in [1.165, 1.54) is 0 Å². The molecule has 0 amide bonds. The summed E-state index contributed by atoms with van der Waals surface area (Å²) in [7, 11) is 0. The summed E-state index contributed by atoms with van der Waals surface area (Å²) in [5.41, 5.74) is 6.84. The number of halogens is 1. The van der Waals surface area contributed by atoms with Crippen LogP contribution in [0.4, 0.5) is 5.69 Å². The molecule has 15 heavy (non-hydrogen) atoms. The standard InChI is InChI=1S/C10H13ClN4/c1-10(2,3)9-13-8-4-6(11)7(12)5-15(8)14-9/h4-5H,12H2,1-3H3. The van der Waals surface area contributed by atoms with E-state index in [1.54, 1.807) is 16.8 Å². The van der Waals surface area contributed by atoms with Crippen molar-refractivity contribution in [2.24, 2.45) is 0 Å². The number of nitrogens with two attached hydrogens (primary N) is 1. The fourth-order valence-electron chi connectivity index (χ4n) is 1.24. The minimum absolute atomic E-state index is 0.0761. The lowest BCUT2D eigenvalue weighted by molar-refractivity contribution is 0.545. The molecule has 0 bridgehead atoms. The normalized spacial score (nSPS) is 12.3. The smallest absolute Gasteiger partial charge is 0.157 e. The maximum Gasteiger partial charge on any atom is 0.157 e. The van der Waals surface area contributed by atoms with Crippen molar-refractivity contribution in [3.63, 3.8) is 0 Å². The zero-order valence-electron chi connectivity index (χ0n) is 8.95. The number of nitrogens with zero attached hydrogens (tertiary/aromatic N) is 3. The minimum atomic E-state index is -0.0761. The number of aromatic nitrogens is 3. The van der Waals surface area contributed by atoms with Gasteiger partial charge in [-0.05, 0) is 0 Å². The van der Waals surface area contributed by atoms with Gasteiger partial charge < -0.3 is 5.73 Å². The lowest BCUT2D eigenvalue weighted by Gasteiger charge is -2.11. The van der Waals surface area contributed by atoms with Crippen LogP contribution in [-0.2, 0) is 5.41 Å². The van der Waals surface area contributed by atoms with Crippen LogP contribution in [-0.4, -0.2) is 14.6 Å². The monoisotopic (exact) mass is 224 g/mol. The number of anilines is 1. The van der Waals surface area contributed by atoms with Gasteiger partial charge in [0.05, 0.1) is 16.9 Å². The SMILES string of the molecule is CC(C)(C)c1nc2cc(Cl)c(N)cn2n1. The highest BCUT2D eigenvalue weighted by Gasteiger charge is 2.19. The van der Waals surface area contributed by atoms with Crippen molar-refractivity contribution >= 4 is 22.9 Å². The summed E-state index contributed by atoms with van der Waals surface area (Å²) in [6, 6.07) is 1.72. The van der Waals surface area contributed by atoms with E-state index >= 15 is 0 Å². The number of hydrogen-bond acceptors (Lipinski definition) is 3. The molecule has 0 aliphatic carbocycles. The third kappa shape index (κ3) is 1.77. The second-order valence-electron chi connectivity index (χ2n) is 4.56. The van der Waals surface area contributed by atoms with Crippen molar-refractivity contribution in [2.75, 3.05) is 5.73 Å². The Morgan fingerprint density at radius 3 is 2.67 bits per heavy atom. The summed E-state index contributed by atoms with van der Waals surface area (Å²) in [6.45, 7) is 6.19. The number of hydrogen-bond donors (Lipinski definition) is 1. The van der Waals surface area contributed by atoms with Gasteiger partial charge in [-0.1, -0.05) is 32.4 Å². The van der Waals surface area contributed by atoms with Gasteiger partial charge in [0.25, 0.3) is 0 Å². The van der Waals surface area contributed by atoms with E-state index in [1.807, 2.05) is 0 Å². The first kappa shape index (κ1) is 10.2. The van der Waals surface area contributed by atoms with E-state index in [9.17, 15) is 0 Å². The molecule has 0 radical (unpaired) electrons. The zero-order valence-corrected chi connectivity index (χ0v) is 9.71. The first-order chi connectivity index (χ1) is 6.88. The maximum absolute atomic E-state index is 5.91. The van der Waals surface area contributed by atoms with Crippen LogP contribution < -0.4 is 5.73 Å². The average Bonchev–Trinajstić information content (AvgIpc) is 2.47. The Bertz CT molecular complexity index is 471. The molecule has 0 fully saturated rings. The van der Waals surface area contributed by atoms with Gasteiger partial charge in [0.2, 0.25) is 0 Å². The van der Waals surface area contributed by atoms with Crippen LogP contribution in [0.15, 0.2) is 12.3 Å². The van der Waals surface area contributed by atoms with E-state index in [-0.39, 0.29) is 5.41 Å². The molecule has 2 N–H and O–H groups in total. The Balaban J connectivity index is 2.66. The van der Waals surface area contributed by atoms with E-state index in [2.05, 4.69) is 30.9 Å². The van der Waals surface area contributed by atoms with Crippen molar-refractivity contribution < 1.29 is 0 Å². The molecule has 2 aromatic rings. The summed E-state index contributed by atoms with van der Waals surface area (Å²) in [5, 5.41) is 4.86. The highest BCUT2D eigenvalue weighted by molar-refractivity contribution is 6.33. The van der Waals surface area contributed by atoms with Crippen molar-refractivity contribution in [1.82, 2.24) is 14.6 Å². The molecule has 2 heterocycles. The number of nitrogen functional groups attached to an aromatic ring is 1. The molecule has 0 atom stereocenters. The van der Waals surface area contributed by atoms with Gasteiger partial charge in [-0.25, -0.2) is 9.50 Å². The molecule has 2 aromatic heterocycles. The predicted octanol–water partition coefficient (Wildman–Crippen LogP) is 2.26. The van der Waals surface area contributed by atoms with Crippen LogP contribution in [0, 0.1) is 0 Å². The largest absolute Gasteiger partial charge is 0.396 e. The summed E-state index contributed by atoms with van der Waals surface area (Å²) >= 11 is 5.91. The summed E-state index contributed by atoms with van der Waals surface area (Å²) in [6.07, 6.45) is 1.68. The Morgan fingerprint density at radius 2 is 2.07 bits per heavy atom. The fourth-order valence-corrected chi connectivity index (χ4v) is 1.38. The Morgan fingerprint density at radius 1 is 1.40 bits per heavy atom. The molecular formula is C10H13ClN4. The topological polar surface area (TPSA) is 56.2 Å². The highest BCUT2D eigenvalue weighted by atomic mass is 35.5. The van der Waals surface area contributed by atoms with Gasteiger partial charge >= 0.3 is 0 Å². The van der Waals surface area contributed by atoms with Crippen molar-refractivity contribution in [3.8, 4) is 0 Å². The second kappa shape index (κ2) is 3.10. The number of rotatable bonds is 0. The van der Waals surface area contributed by atoms with Gasteiger partial charge in [0.1, 0.15) is 0 Å². The van der Waals surface area contributed by atoms with E-state index < -0.39 is 0 Å². The minimum Gasteiger partial charge on any atom is -0.396 e.